The van der Waals surface area contributed by atoms with Crippen LogP contribution >= 0.6 is 0 Å². The van der Waals surface area contributed by atoms with Crippen molar-refractivity contribution in [2.45, 2.75) is 58.8 Å². The molecule has 6 unspecified atom stereocenters. The predicted molar refractivity (Wildman–Crippen MR) is 78.5 cm³/mol. The minimum Gasteiger partial charge on any atom is -0.465 e. The Morgan fingerprint density at radius 3 is 2.67 bits per heavy atom. The van der Waals surface area contributed by atoms with E-state index in [-0.39, 0.29) is 16.8 Å². The van der Waals surface area contributed by atoms with Crippen LogP contribution < -0.4 is 0 Å². The van der Waals surface area contributed by atoms with Crippen molar-refractivity contribution in [3.05, 3.63) is 0 Å². The van der Waals surface area contributed by atoms with Crippen molar-refractivity contribution in [3.63, 3.8) is 0 Å². The van der Waals surface area contributed by atoms with E-state index in [9.17, 15) is 9.59 Å². The zero-order valence-corrected chi connectivity index (χ0v) is 13.2. The first kappa shape index (κ1) is 13.8. The Bertz CT molecular complexity index is 499. The van der Waals surface area contributed by atoms with E-state index in [0.717, 1.165) is 32.1 Å². The van der Waals surface area contributed by atoms with Gasteiger partial charge in [-0.25, -0.2) is 0 Å². The van der Waals surface area contributed by atoms with Gasteiger partial charge >= 0.3 is 5.97 Å². The Morgan fingerprint density at radius 1 is 1.05 bits per heavy atom. The van der Waals surface area contributed by atoms with Gasteiger partial charge in [-0.3, -0.25) is 9.59 Å². The number of hydrogen-bond donors (Lipinski definition) is 0. The Kier molecular flexibility index (Phi) is 2.84. The van der Waals surface area contributed by atoms with E-state index in [1.165, 1.54) is 6.42 Å². The molecule has 3 nitrogen and oxygen atoms in total. The number of ether oxygens (including phenoxy) is 1. The van der Waals surface area contributed by atoms with E-state index in [1.54, 1.807) is 0 Å². The highest BCUT2D eigenvalue weighted by molar-refractivity contribution is 5.87. The van der Waals surface area contributed by atoms with Crippen molar-refractivity contribution in [2.24, 2.45) is 34.5 Å². The van der Waals surface area contributed by atoms with Gasteiger partial charge < -0.3 is 4.74 Å². The van der Waals surface area contributed by atoms with Crippen LogP contribution in [-0.4, -0.2) is 18.4 Å². The standard InChI is InChI=1S/C18H26O3/c1-17-8-7-14-12(13(17)5-6-15(17)19)4-3-11-9-16(20)21-10-18(11,14)2/h11-14H,3-10H2,1-2H3. The largest absolute Gasteiger partial charge is 0.465 e. The number of ketones is 1. The Labute approximate surface area is 126 Å². The Balaban J connectivity index is 1.65. The highest BCUT2D eigenvalue weighted by atomic mass is 16.5. The number of esters is 1. The fourth-order valence-electron chi connectivity index (χ4n) is 6.36. The molecule has 0 spiro atoms. The Hall–Kier alpha value is -0.860. The van der Waals surface area contributed by atoms with Crippen molar-refractivity contribution in [2.75, 3.05) is 6.61 Å². The number of Topliss-reactive ketones (excluding diaryl/α,β-unsaturated/α-hetero) is 1. The van der Waals surface area contributed by atoms with Crippen LogP contribution in [0.15, 0.2) is 0 Å². The quantitative estimate of drug-likeness (QED) is 0.642. The zero-order chi connectivity index (χ0) is 14.8. The maximum Gasteiger partial charge on any atom is 0.306 e. The molecule has 0 radical (unpaired) electrons. The molecule has 0 amide bonds. The summed E-state index contributed by atoms with van der Waals surface area (Å²) in [5.41, 5.74) is 0.111. The summed E-state index contributed by atoms with van der Waals surface area (Å²) < 4.78 is 5.45. The fourth-order valence-corrected chi connectivity index (χ4v) is 6.36. The van der Waals surface area contributed by atoms with Gasteiger partial charge in [0.05, 0.1) is 6.61 Å². The third kappa shape index (κ3) is 1.72. The first-order chi connectivity index (χ1) is 9.95. The molecule has 3 saturated carbocycles. The van der Waals surface area contributed by atoms with Crippen LogP contribution in [-0.2, 0) is 14.3 Å². The van der Waals surface area contributed by atoms with Crippen LogP contribution in [0.5, 0.6) is 0 Å². The number of carbonyl (C=O) groups is 2. The normalized spacial score (nSPS) is 52.7. The number of cyclic esters (lactones) is 1. The fraction of sp³-hybridized carbons (Fsp3) is 0.889. The monoisotopic (exact) mass is 290 g/mol. The highest BCUT2D eigenvalue weighted by Crippen LogP contribution is 2.63. The first-order valence-corrected chi connectivity index (χ1v) is 8.64. The van der Waals surface area contributed by atoms with Crippen LogP contribution in [0.25, 0.3) is 0 Å². The van der Waals surface area contributed by atoms with Gasteiger partial charge in [-0.2, -0.15) is 0 Å². The minimum atomic E-state index is -0.0459. The van der Waals surface area contributed by atoms with E-state index >= 15 is 0 Å². The van der Waals surface area contributed by atoms with Gasteiger partial charge in [0, 0.05) is 23.7 Å². The second-order valence-electron chi connectivity index (χ2n) is 8.44. The van der Waals surface area contributed by atoms with Gasteiger partial charge in [0.15, 0.2) is 0 Å². The molecule has 4 fully saturated rings. The lowest BCUT2D eigenvalue weighted by Gasteiger charge is -2.58. The second-order valence-corrected chi connectivity index (χ2v) is 8.44. The van der Waals surface area contributed by atoms with Gasteiger partial charge in [-0.05, 0) is 55.8 Å². The molecule has 0 aromatic rings. The molecule has 1 heterocycles. The molecule has 116 valence electrons. The average Bonchev–Trinajstić information content (AvgIpc) is 2.76. The van der Waals surface area contributed by atoms with Crippen molar-refractivity contribution in [3.8, 4) is 0 Å². The number of hydrogen-bond acceptors (Lipinski definition) is 3. The van der Waals surface area contributed by atoms with Gasteiger partial charge in [-0.15, -0.1) is 0 Å². The number of fused-ring (bicyclic) bond motifs is 5. The molecule has 0 aromatic heterocycles. The smallest absolute Gasteiger partial charge is 0.306 e. The molecule has 4 aliphatic rings. The molecule has 4 rings (SSSR count). The van der Waals surface area contributed by atoms with E-state index in [1.807, 2.05) is 0 Å². The summed E-state index contributed by atoms with van der Waals surface area (Å²) in [5.74, 6) is 2.91. The SMILES string of the molecule is CC12CCC3C(CCC4CC(=O)OCC43C)C1CCC2=O. The summed E-state index contributed by atoms with van der Waals surface area (Å²) in [7, 11) is 0. The molecule has 21 heavy (non-hydrogen) atoms. The maximum absolute atomic E-state index is 12.3. The molecule has 3 aliphatic carbocycles. The first-order valence-electron chi connectivity index (χ1n) is 8.64. The molecule has 0 bridgehead atoms. The van der Waals surface area contributed by atoms with Crippen molar-refractivity contribution >= 4 is 11.8 Å². The predicted octanol–water partition coefficient (Wildman–Crippen LogP) is 3.36. The number of carbonyl (C=O) groups excluding carboxylic acids is 2. The van der Waals surface area contributed by atoms with Crippen molar-refractivity contribution < 1.29 is 14.3 Å². The van der Waals surface area contributed by atoms with Gasteiger partial charge in [0.25, 0.3) is 0 Å². The number of rotatable bonds is 0. The summed E-state index contributed by atoms with van der Waals surface area (Å²) in [6, 6.07) is 0. The zero-order valence-electron chi connectivity index (χ0n) is 13.2. The lowest BCUT2D eigenvalue weighted by Crippen LogP contribution is -2.55. The van der Waals surface area contributed by atoms with Crippen LogP contribution in [0.1, 0.15) is 58.8 Å². The summed E-state index contributed by atoms with van der Waals surface area (Å²) in [4.78, 5) is 24.0. The van der Waals surface area contributed by atoms with E-state index in [2.05, 4.69) is 13.8 Å². The lowest BCUT2D eigenvalue weighted by molar-refractivity contribution is -0.179. The van der Waals surface area contributed by atoms with Crippen molar-refractivity contribution in [1.29, 1.82) is 0 Å². The molecule has 1 aliphatic heterocycles. The third-order valence-corrected chi connectivity index (χ3v) is 7.73. The minimum absolute atomic E-state index is 0.00684. The average molecular weight is 290 g/mol. The summed E-state index contributed by atoms with van der Waals surface area (Å²) in [6.07, 6.45) is 7.05. The molecular formula is C18H26O3. The molecule has 6 atom stereocenters. The van der Waals surface area contributed by atoms with E-state index in [4.69, 9.17) is 4.74 Å². The van der Waals surface area contributed by atoms with Crippen LogP contribution in [0.4, 0.5) is 0 Å². The summed E-state index contributed by atoms with van der Waals surface area (Å²) >= 11 is 0. The molecule has 0 aromatic carbocycles. The Morgan fingerprint density at radius 2 is 1.86 bits per heavy atom. The van der Waals surface area contributed by atoms with Gasteiger partial charge in [0.1, 0.15) is 5.78 Å². The maximum atomic E-state index is 12.3. The lowest BCUT2D eigenvalue weighted by atomic mass is 9.47. The van der Waals surface area contributed by atoms with Gasteiger partial charge in [-0.1, -0.05) is 13.8 Å². The van der Waals surface area contributed by atoms with Crippen LogP contribution in [0.2, 0.25) is 0 Å². The van der Waals surface area contributed by atoms with E-state index in [0.29, 0.717) is 42.5 Å². The van der Waals surface area contributed by atoms with E-state index < -0.39 is 0 Å². The molecule has 1 saturated heterocycles. The topological polar surface area (TPSA) is 43.4 Å². The highest BCUT2D eigenvalue weighted by Gasteiger charge is 2.60. The van der Waals surface area contributed by atoms with Crippen molar-refractivity contribution in [1.82, 2.24) is 0 Å². The van der Waals surface area contributed by atoms with Crippen LogP contribution in [0, 0.1) is 34.5 Å². The van der Waals surface area contributed by atoms with Gasteiger partial charge in [0.2, 0.25) is 0 Å². The summed E-state index contributed by atoms with van der Waals surface area (Å²) in [6.45, 7) is 5.17. The molecule has 0 N–H and O–H groups in total. The van der Waals surface area contributed by atoms with Crippen LogP contribution in [0.3, 0.4) is 0 Å². The summed E-state index contributed by atoms with van der Waals surface area (Å²) in [5, 5.41) is 0. The second kappa shape index (κ2) is 4.33. The third-order valence-electron chi connectivity index (χ3n) is 7.73. The molecule has 3 heteroatoms. The molecular weight excluding hydrogens is 264 g/mol.